The maximum Gasteiger partial charge on any atom is 0.217 e. The molecule has 1 unspecified atom stereocenters. The summed E-state index contributed by atoms with van der Waals surface area (Å²) in [7, 11) is -3.20. The molecule has 18 heavy (non-hydrogen) atoms. The van der Waals surface area contributed by atoms with E-state index in [0.29, 0.717) is 24.3 Å². The Morgan fingerprint density at radius 2 is 1.61 bits per heavy atom. The zero-order valence-electron chi connectivity index (χ0n) is 11.1. The van der Waals surface area contributed by atoms with E-state index in [2.05, 4.69) is 4.72 Å². The molecule has 0 aliphatic heterocycles. The Morgan fingerprint density at radius 1 is 1.17 bits per heavy atom. The Labute approximate surface area is 110 Å². The maximum absolute atomic E-state index is 12.6. The predicted molar refractivity (Wildman–Crippen MR) is 71.5 cm³/mol. The van der Waals surface area contributed by atoms with E-state index < -0.39 is 14.8 Å². The van der Waals surface area contributed by atoms with E-state index in [1.807, 2.05) is 6.92 Å². The molecule has 104 valence electrons. The summed E-state index contributed by atoms with van der Waals surface area (Å²) >= 11 is 0. The van der Waals surface area contributed by atoms with E-state index in [0.717, 1.165) is 19.3 Å². The summed E-state index contributed by atoms with van der Waals surface area (Å²) < 4.78 is 27.5. The van der Waals surface area contributed by atoms with Gasteiger partial charge < -0.3 is 5.73 Å². The number of nitrogens with two attached hydrogens (primary N) is 1. The first-order valence-electron chi connectivity index (χ1n) is 7.15. The van der Waals surface area contributed by atoms with Crippen molar-refractivity contribution in [2.24, 2.45) is 23.5 Å². The average Bonchev–Trinajstić information content (AvgIpc) is 2.24. The largest absolute Gasteiger partial charge is 0.327 e. The van der Waals surface area contributed by atoms with Crippen LogP contribution in [0.3, 0.4) is 0 Å². The van der Waals surface area contributed by atoms with Crippen LogP contribution in [0, 0.1) is 17.8 Å². The zero-order chi connectivity index (χ0) is 13.0. The topological polar surface area (TPSA) is 72.2 Å². The number of hydrogen-bond acceptors (Lipinski definition) is 3. The van der Waals surface area contributed by atoms with E-state index >= 15 is 0 Å². The third-order valence-electron chi connectivity index (χ3n) is 5.15. The third-order valence-corrected chi connectivity index (χ3v) is 7.33. The van der Waals surface area contributed by atoms with Gasteiger partial charge in [-0.3, -0.25) is 0 Å². The molecule has 4 nitrogen and oxygen atoms in total. The molecule has 5 heteroatoms. The summed E-state index contributed by atoms with van der Waals surface area (Å²) in [5.74, 6) is 1.97. The molecule has 0 radical (unpaired) electrons. The van der Waals surface area contributed by atoms with Crippen molar-refractivity contribution in [3.63, 3.8) is 0 Å². The summed E-state index contributed by atoms with van der Waals surface area (Å²) in [5.41, 5.74) is 5.66. The summed E-state index contributed by atoms with van der Waals surface area (Å²) in [4.78, 5) is 0. The van der Waals surface area contributed by atoms with Gasteiger partial charge in [-0.2, -0.15) is 0 Å². The highest BCUT2D eigenvalue weighted by Crippen LogP contribution is 2.58. The van der Waals surface area contributed by atoms with Gasteiger partial charge >= 0.3 is 0 Å². The summed E-state index contributed by atoms with van der Waals surface area (Å²) in [6, 6.07) is -0.117. The lowest BCUT2D eigenvalue weighted by atomic mass is 9.56. The molecule has 3 N–H and O–H groups in total. The second-order valence-corrected chi connectivity index (χ2v) is 9.09. The summed E-state index contributed by atoms with van der Waals surface area (Å²) in [5, 5.41) is 0. The molecule has 0 saturated heterocycles. The Hall–Kier alpha value is -0.130. The molecule has 0 heterocycles. The lowest BCUT2D eigenvalue weighted by molar-refractivity contribution is 0.0333. The lowest BCUT2D eigenvalue weighted by Crippen LogP contribution is -2.58. The molecule has 0 amide bonds. The SMILES string of the molecule is CC(N)CNS(=O)(=O)C12CC3CC(CC(C3)C1)C2. The zero-order valence-corrected chi connectivity index (χ0v) is 11.9. The number of nitrogens with one attached hydrogen (secondary N) is 1. The second-order valence-electron chi connectivity index (χ2n) is 6.93. The van der Waals surface area contributed by atoms with Crippen LogP contribution in [0.1, 0.15) is 45.4 Å². The second kappa shape index (κ2) is 4.18. The first-order chi connectivity index (χ1) is 8.40. The van der Waals surface area contributed by atoms with Crippen LogP contribution >= 0.6 is 0 Å². The van der Waals surface area contributed by atoms with Crippen LogP contribution in [0.15, 0.2) is 0 Å². The van der Waals surface area contributed by atoms with Crippen molar-refractivity contribution in [3.05, 3.63) is 0 Å². The van der Waals surface area contributed by atoms with Crippen LogP contribution in [0.5, 0.6) is 0 Å². The van der Waals surface area contributed by atoms with Crippen molar-refractivity contribution < 1.29 is 8.42 Å². The van der Waals surface area contributed by atoms with Crippen molar-refractivity contribution >= 4 is 10.0 Å². The molecule has 0 aromatic carbocycles. The highest BCUT2D eigenvalue weighted by Gasteiger charge is 2.57. The highest BCUT2D eigenvalue weighted by atomic mass is 32.2. The molecule has 4 rings (SSSR count). The molecule has 0 aromatic heterocycles. The Morgan fingerprint density at radius 3 is 2.00 bits per heavy atom. The molecular formula is C13H24N2O2S. The molecule has 0 aromatic rings. The van der Waals surface area contributed by atoms with Gasteiger partial charge in [-0.25, -0.2) is 13.1 Å². The van der Waals surface area contributed by atoms with Gasteiger partial charge in [0.1, 0.15) is 0 Å². The number of hydrogen-bond donors (Lipinski definition) is 2. The van der Waals surface area contributed by atoms with E-state index in [1.165, 1.54) is 19.3 Å². The summed E-state index contributed by atoms with van der Waals surface area (Å²) in [6.45, 7) is 2.20. The fourth-order valence-corrected chi connectivity index (χ4v) is 6.91. The van der Waals surface area contributed by atoms with E-state index in [9.17, 15) is 8.42 Å². The van der Waals surface area contributed by atoms with Crippen LogP contribution in [0.2, 0.25) is 0 Å². The first kappa shape index (κ1) is 12.9. The van der Waals surface area contributed by atoms with Gasteiger partial charge in [-0.15, -0.1) is 0 Å². The van der Waals surface area contributed by atoms with E-state index in [-0.39, 0.29) is 6.04 Å². The van der Waals surface area contributed by atoms with Crippen LogP contribution in [-0.2, 0) is 10.0 Å². The standard InChI is InChI=1S/C13H24N2O2S/c1-9(14)8-15-18(16,17)13-5-10-2-11(6-13)4-12(3-10)7-13/h9-12,15H,2-8,14H2,1H3. The third kappa shape index (κ3) is 2.00. The molecule has 0 spiro atoms. The van der Waals surface area contributed by atoms with Crippen LogP contribution in [0.25, 0.3) is 0 Å². The Bertz CT molecular complexity index is 395. The van der Waals surface area contributed by atoms with Gasteiger partial charge in [0.15, 0.2) is 0 Å². The monoisotopic (exact) mass is 272 g/mol. The predicted octanol–water partition coefficient (Wildman–Crippen LogP) is 1.22. The van der Waals surface area contributed by atoms with Gasteiger partial charge in [-0.05, 0) is 63.2 Å². The van der Waals surface area contributed by atoms with Crippen molar-refractivity contribution in [3.8, 4) is 0 Å². The van der Waals surface area contributed by atoms with Crippen LogP contribution < -0.4 is 10.5 Å². The summed E-state index contributed by atoms with van der Waals surface area (Å²) in [6.07, 6.45) is 6.44. The van der Waals surface area contributed by atoms with Crippen LogP contribution in [0.4, 0.5) is 0 Å². The minimum atomic E-state index is -3.20. The Balaban J connectivity index is 1.82. The minimum absolute atomic E-state index is 0.117. The van der Waals surface area contributed by atoms with Gasteiger partial charge in [-0.1, -0.05) is 0 Å². The number of rotatable bonds is 4. The quantitative estimate of drug-likeness (QED) is 0.808. The minimum Gasteiger partial charge on any atom is -0.327 e. The molecule has 4 aliphatic rings. The van der Waals surface area contributed by atoms with Gasteiger partial charge in [0.2, 0.25) is 10.0 Å². The normalized spacial score (nSPS) is 44.2. The molecule has 4 bridgehead atoms. The molecule has 1 atom stereocenters. The fourth-order valence-electron chi connectivity index (χ4n) is 4.75. The smallest absolute Gasteiger partial charge is 0.217 e. The molecular weight excluding hydrogens is 248 g/mol. The first-order valence-corrected chi connectivity index (χ1v) is 8.63. The van der Waals surface area contributed by atoms with E-state index in [1.54, 1.807) is 0 Å². The van der Waals surface area contributed by atoms with E-state index in [4.69, 9.17) is 5.73 Å². The van der Waals surface area contributed by atoms with Crippen molar-refractivity contribution in [1.29, 1.82) is 0 Å². The number of sulfonamides is 1. The lowest BCUT2D eigenvalue weighted by Gasteiger charge is -2.55. The van der Waals surface area contributed by atoms with Gasteiger partial charge in [0.05, 0.1) is 4.75 Å². The van der Waals surface area contributed by atoms with Crippen molar-refractivity contribution in [2.75, 3.05) is 6.54 Å². The average molecular weight is 272 g/mol. The van der Waals surface area contributed by atoms with Crippen LogP contribution in [-0.4, -0.2) is 25.8 Å². The van der Waals surface area contributed by atoms with Crippen molar-refractivity contribution in [2.45, 2.75) is 56.2 Å². The molecule has 4 aliphatic carbocycles. The molecule has 4 fully saturated rings. The Kier molecular flexibility index (Phi) is 2.99. The highest BCUT2D eigenvalue weighted by molar-refractivity contribution is 7.90. The van der Waals surface area contributed by atoms with Crippen molar-refractivity contribution in [1.82, 2.24) is 4.72 Å². The van der Waals surface area contributed by atoms with Gasteiger partial charge in [0, 0.05) is 12.6 Å². The van der Waals surface area contributed by atoms with Gasteiger partial charge in [0.25, 0.3) is 0 Å². The fraction of sp³-hybridized carbons (Fsp3) is 1.00. The maximum atomic E-state index is 12.6. The molecule has 4 saturated carbocycles.